The van der Waals surface area contributed by atoms with Gasteiger partial charge in [0.1, 0.15) is 4.60 Å². The van der Waals surface area contributed by atoms with E-state index in [1.54, 1.807) is 12.3 Å². The molecule has 0 radical (unpaired) electrons. The monoisotopic (exact) mass is 309 g/mol. The molecule has 0 aliphatic heterocycles. The smallest absolute Gasteiger partial charge is 0.337 e. The van der Waals surface area contributed by atoms with Crippen LogP contribution in [0.4, 0.5) is 5.69 Å². The number of nitrogens with one attached hydrogen (secondary N) is 2. The number of rotatable bonds is 4. The lowest BCUT2D eigenvalue weighted by Crippen LogP contribution is -2.07. The molecule has 0 aromatic carbocycles. The van der Waals surface area contributed by atoms with E-state index in [1.165, 1.54) is 0 Å². The Morgan fingerprint density at radius 3 is 2.94 bits per heavy atom. The maximum absolute atomic E-state index is 10.9. The van der Waals surface area contributed by atoms with Gasteiger partial charge in [0.15, 0.2) is 0 Å². The van der Waals surface area contributed by atoms with E-state index in [0.717, 1.165) is 16.0 Å². The van der Waals surface area contributed by atoms with Crippen LogP contribution in [0.5, 0.6) is 0 Å². The minimum Gasteiger partial charge on any atom is -0.478 e. The number of aromatic amines is 1. The number of carboxylic acid groups (broad SMARTS) is 1. The summed E-state index contributed by atoms with van der Waals surface area (Å²) in [5, 5.41) is 12.1. The van der Waals surface area contributed by atoms with E-state index in [2.05, 4.69) is 31.2 Å². The normalized spacial score (nSPS) is 10.3. The summed E-state index contributed by atoms with van der Waals surface area (Å²) in [6.45, 7) is 2.30. The fourth-order valence-corrected chi connectivity index (χ4v) is 2.05. The number of halogens is 1. The molecule has 94 valence electrons. The average molecular weight is 310 g/mol. The number of hydrogen-bond donors (Lipinski definition) is 3. The molecule has 0 aliphatic carbocycles. The number of aryl methyl sites for hydroxylation is 1. The van der Waals surface area contributed by atoms with Crippen molar-refractivity contribution in [3.8, 4) is 0 Å². The molecule has 2 heterocycles. The second-order valence-electron chi connectivity index (χ2n) is 3.80. The van der Waals surface area contributed by atoms with Gasteiger partial charge in [-0.05, 0) is 41.1 Å². The second kappa shape index (κ2) is 5.22. The number of anilines is 1. The molecule has 0 spiro atoms. The molecule has 2 aromatic rings. The highest BCUT2D eigenvalue weighted by atomic mass is 79.9. The third-order valence-corrected chi connectivity index (χ3v) is 3.01. The zero-order valence-electron chi connectivity index (χ0n) is 9.70. The van der Waals surface area contributed by atoms with E-state index >= 15 is 0 Å². The van der Waals surface area contributed by atoms with Gasteiger partial charge in [-0.3, -0.25) is 0 Å². The Balaban J connectivity index is 2.11. The van der Waals surface area contributed by atoms with Crippen LogP contribution in [0.3, 0.4) is 0 Å². The topological polar surface area (TPSA) is 78.0 Å². The summed E-state index contributed by atoms with van der Waals surface area (Å²) < 4.78 is 0.775. The van der Waals surface area contributed by atoms with Crippen LogP contribution in [0.25, 0.3) is 0 Å². The average Bonchev–Trinajstić information content (AvgIpc) is 2.76. The number of aromatic carboxylic acids is 1. The van der Waals surface area contributed by atoms with Crippen LogP contribution >= 0.6 is 15.9 Å². The third-order valence-electron chi connectivity index (χ3n) is 2.57. The maximum Gasteiger partial charge on any atom is 0.337 e. The van der Waals surface area contributed by atoms with E-state index in [0.29, 0.717) is 12.2 Å². The van der Waals surface area contributed by atoms with Gasteiger partial charge < -0.3 is 15.4 Å². The first kappa shape index (κ1) is 12.6. The van der Waals surface area contributed by atoms with Gasteiger partial charge in [0.2, 0.25) is 0 Å². The number of carbonyl (C=O) groups is 1. The highest BCUT2D eigenvalue weighted by molar-refractivity contribution is 9.10. The zero-order valence-corrected chi connectivity index (χ0v) is 11.3. The van der Waals surface area contributed by atoms with Crippen molar-refractivity contribution in [3.63, 3.8) is 0 Å². The lowest BCUT2D eigenvalue weighted by molar-refractivity contribution is 0.0696. The van der Waals surface area contributed by atoms with Crippen LogP contribution in [0, 0.1) is 6.92 Å². The number of hydrogen-bond acceptors (Lipinski definition) is 3. The fourth-order valence-electron chi connectivity index (χ4n) is 1.65. The minimum absolute atomic E-state index is 0.283. The van der Waals surface area contributed by atoms with E-state index in [9.17, 15) is 4.79 Å². The van der Waals surface area contributed by atoms with Gasteiger partial charge >= 0.3 is 5.97 Å². The number of aromatic nitrogens is 2. The summed E-state index contributed by atoms with van der Waals surface area (Å²) in [7, 11) is 0. The Bertz CT molecular complexity index is 580. The maximum atomic E-state index is 10.9. The third kappa shape index (κ3) is 2.70. The van der Waals surface area contributed by atoms with Crippen LogP contribution in [0.2, 0.25) is 0 Å². The molecule has 0 amide bonds. The number of nitrogens with zero attached hydrogens (tertiary/aromatic N) is 1. The van der Waals surface area contributed by atoms with Crippen LogP contribution in [-0.4, -0.2) is 21.0 Å². The predicted molar refractivity (Wildman–Crippen MR) is 71.8 cm³/mol. The van der Waals surface area contributed by atoms with Crippen molar-refractivity contribution in [1.29, 1.82) is 0 Å². The van der Waals surface area contributed by atoms with E-state index in [-0.39, 0.29) is 5.56 Å². The summed E-state index contributed by atoms with van der Waals surface area (Å²) in [6, 6.07) is 5.28. The van der Waals surface area contributed by atoms with Crippen molar-refractivity contribution in [3.05, 3.63) is 46.0 Å². The lowest BCUT2D eigenvalue weighted by atomic mass is 10.2. The van der Waals surface area contributed by atoms with E-state index < -0.39 is 5.97 Å². The lowest BCUT2D eigenvalue weighted by Gasteiger charge is -2.08. The molecule has 0 saturated heterocycles. The van der Waals surface area contributed by atoms with Gasteiger partial charge in [0, 0.05) is 11.9 Å². The molecular weight excluding hydrogens is 298 g/mol. The molecule has 3 N–H and O–H groups in total. The van der Waals surface area contributed by atoms with Gasteiger partial charge in [-0.25, -0.2) is 9.78 Å². The van der Waals surface area contributed by atoms with Crippen molar-refractivity contribution < 1.29 is 9.90 Å². The predicted octanol–water partition coefficient (Wildman–Crippen LogP) is 2.79. The standard InChI is InChI=1S/C12H12BrN3O2/c1-7-9(2-3-11(13)16-7)15-6-10-8(12(17)18)4-5-14-10/h2-5,14-15H,6H2,1H3,(H,17,18). The minimum atomic E-state index is -0.932. The number of carboxylic acids is 1. The summed E-state index contributed by atoms with van der Waals surface area (Å²) >= 11 is 3.29. The molecular formula is C12H12BrN3O2. The molecule has 18 heavy (non-hydrogen) atoms. The van der Waals surface area contributed by atoms with Crippen molar-refractivity contribution in [1.82, 2.24) is 9.97 Å². The van der Waals surface area contributed by atoms with Crippen LogP contribution in [0.15, 0.2) is 29.0 Å². The van der Waals surface area contributed by atoms with Crippen molar-refractivity contribution in [2.24, 2.45) is 0 Å². The van der Waals surface area contributed by atoms with Crippen molar-refractivity contribution in [2.75, 3.05) is 5.32 Å². The molecule has 2 aromatic heterocycles. The molecule has 6 heteroatoms. The molecule has 0 saturated carbocycles. The van der Waals surface area contributed by atoms with E-state index in [1.807, 2.05) is 19.1 Å². The van der Waals surface area contributed by atoms with Gasteiger partial charge in [-0.1, -0.05) is 0 Å². The van der Waals surface area contributed by atoms with Gasteiger partial charge in [-0.15, -0.1) is 0 Å². The van der Waals surface area contributed by atoms with Gasteiger partial charge in [0.05, 0.1) is 23.5 Å². The Morgan fingerprint density at radius 2 is 2.28 bits per heavy atom. The van der Waals surface area contributed by atoms with Crippen LogP contribution < -0.4 is 5.32 Å². The highest BCUT2D eigenvalue weighted by Crippen LogP contribution is 2.17. The summed E-state index contributed by atoms with van der Waals surface area (Å²) in [6.07, 6.45) is 1.62. The Kier molecular flexibility index (Phi) is 3.66. The Labute approximate surface area is 112 Å². The van der Waals surface area contributed by atoms with Crippen LogP contribution in [0.1, 0.15) is 21.7 Å². The molecule has 0 unspecified atom stereocenters. The van der Waals surface area contributed by atoms with E-state index in [4.69, 9.17) is 5.11 Å². The highest BCUT2D eigenvalue weighted by Gasteiger charge is 2.10. The second-order valence-corrected chi connectivity index (χ2v) is 4.61. The first-order chi connectivity index (χ1) is 8.58. The summed E-state index contributed by atoms with van der Waals surface area (Å²) in [5.41, 5.74) is 2.66. The molecule has 5 nitrogen and oxygen atoms in total. The Hall–Kier alpha value is -1.82. The zero-order chi connectivity index (χ0) is 13.1. The molecule has 0 atom stereocenters. The Morgan fingerprint density at radius 1 is 1.50 bits per heavy atom. The van der Waals surface area contributed by atoms with Gasteiger partial charge in [0.25, 0.3) is 0 Å². The summed E-state index contributed by atoms with van der Waals surface area (Å²) in [4.78, 5) is 18.1. The summed E-state index contributed by atoms with van der Waals surface area (Å²) in [5.74, 6) is -0.932. The SMILES string of the molecule is Cc1nc(Br)ccc1NCc1[nH]ccc1C(=O)O. The largest absolute Gasteiger partial charge is 0.478 e. The quantitative estimate of drug-likeness (QED) is 0.759. The first-order valence-electron chi connectivity index (χ1n) is 5.34. The first-order valence-corrected chi connectivity index (χ1v) is 6.14. The fraction of sp³-hybridized carbons (Fsp3) is 0.167. The number of H-pyrrole nitrogens is 1. The molecule has 2 rings (SSSR count). The van der Waals surface area contributed by atoms with Gasteiger partial charge in [-0.2, -0.15) is 0 Å². The molecule has 0 bridgehead atoms. The van der Waals surface area contributed by atoms with Crippen LogP contribution in [-0.2, 0) is 6.54 Å². The van der Waals surface area contributed by atoms with Crippen molar-refractivity contribution in [2.45, 2.75) is 13.5 Å². The molecule has 0 aliphatic rings. The number of pyridine rings is 1. The van der Waals surface area contributed by atoms with Crippen molar-refractivity contribution >= 4 is 27.6 Å². The molecule has 0 fully saturated rings.